The summed E-state index contributed by atoms with van der Waals surface area (Å²) < 4.78 is 16.1. The largest absolute Gasteiger partial charge is 0.493 e. The number of nitrogens with zero attached hydrogens (tertiary/aromatic N) is 1. The SMILES string of the molecule is COc1ccc(CCc2nc(CCO)c(C)o2)cc1OC. The van der Waals surface area contributed by atoms with Gasteiger partial charge in [0.05, 0.1) is 19.9 Å². The molecule has 0 aliphatic carbocycles. The third-order valence-corrected chi connectivity index (χ3v) is 3.36. The Morgan fingerprint density at radius 1 is 1.10 bits per heavy atom. The number of methoxy groups -OCH3 is 2. The molecule has 5 heteroatoms. The van der Waals surface area contributed by atoms with Gasteiger partial charge in [-0.05, 0) is 31.0 Å². The number of ether oxygens (including phenoxy) is 2. The van der Waals surface area contributed by atoms with Gasteiger partial charge in [0.25, 0.3) is 0 Å². The molecule has 0 saturated carbocycles. The molecule has 21 heavy (non-hydrogen) atoms. The quantitative estimate of drug-likeness (QED) is 0.848. The van der Waals surface area contributed by atoms with Gasteiger partial charge in [0.15, 0.2) is 17.4 Å². The van der Waals surface area contributed by atoms with E-state index in [0.717, 1.165) is 34.9 Å². The number of aromatic nitrogens is 1. The fraction of sp³-hybridized carbons (Fsp3) is 0.438. The molecular weight excluding hydrogens is 270 g/mol. The molecule has 0 amide bonds. The summed E-state index contributed by atoms with van der Waals surface area (Å²) in [5.74, 6) is 2.93. The van der Waals surface area contributed by atoms with Gasteiger partial charge in [0.1, 0.15) is 5.76 Å². The summed E-state index contributed by atoms with van der Waals surface area (Å²) in [5.41, 5.74) is 1.96. The number of aliphatic hydroxyl groups is 1. The van der Waals surface area contributed by atoms with Crippen LogP contribution < -0.4 is 9.47 Å². The number of rotatable bonds is 7. The topological polar surface area (TPSA) is 64.7 Å². The summed E-state index contributed by atoms with van der Waals surface area (Å²) in [6, 6.07) is 5.86. The molecule has 0 spiro atoms. The van der Waals surface area contributed by atoms with Crippen LogP contribution in [0.5, 0.6) is 11.5 Å². The Bertz CT molecular complexity index is 592. The number of aliphatic hydroxyl groups excluding tert-OH is 1. The highest BCUT2D eigenvalue weighted by Crippen LogP contribution is 2.28. The Hall–Kier alpha value is -2.01. The number of aryl methyl sites for hydroxylation is 3. The minimum atomic E-state index is 0.0858. The van der Waals surface area contributed by atoms with Crippen LogP contribution in [0.1, 0.15) is 22.9 Å². The number of hydrogen-bond acceptors (Lipinski definition) is 5. The monoisotopic (exact) mass is 291 g/mol. The number of hydrogen-bond donors (Lipinski definition) is 1. The lowest BCUT2D eigenvalue weighted by Gasteiger charge is -2.08. The van der Waals surface area contributed by atoms with Crippen LogP contribution in [0.4, 0.5) is 0 Å². The molecule has 2 aromatic rings. The molecule has 1 aromatic carbocycles. The zero-order valence-corrected chi connectivity index (χ0v) is 12.7. The number of oxazole rings is 1. The van der Waals surface area contributed by atoms with E-state index in [4.69, 9.17) is 19.0 Å². The van der Waals surface area contributed by atoms with Crippen LogP contribution in [0.2, 0.25) is 0 Å². The summed E-state index contributed by atoms with van der Waals surface area (Å²) in [6.45, 7) is 1.96. The lowest BCUT2D eigenvalue weighted by molar-refractivity contribution is 0.297. The smallest absolute Gasteiger partial charge is 0.194 e. The van der Waals surface area contributed by atoms with Crippen molar-refractivity contribution in [2.45, 2.75) is 26.2 Å². The molecule has 0 radical (unpaired) electrons. The minimum Gasteiger partial charge on any atom is -0.493 e. The van der Waals surface area contributed by atoms with Crippen molar-refractivity contribution in [3.05, 3.63) is 41.1 Å². The van der Waals surface area contributed by atoms with Gasteiger partial charge in [0.2, 0.25) is 0 Å². The fourth-order valence-electron chi connectivity index (χ4n) is 2.22. The molecule has 1 N–H and O–H groups in total. The van der Waals surface area contributed by atoms with Crippen LogP contribution in [0.25, 0.3) is 0 Å². The molecular formula is C16H21NO4. The summed E-state index contributed by atoms with van der Waals surface area (Å²) in [5, 5.41) is 8.96. The molecule has 0 aliphatic heterocycles. The van der Waals surface area contributed by atoms with Crippen molar-refractivity contribution in [3.8, 4) is 11.5 Å². The second-order valence-corrected chi connectivity index (χ2v) is 4.77. The maximum absolute atomic E-state index is 8.96. The molecule has 0 atom stereocenters. The minimum absolute atomic E-state index is 0.0858. The zero-order valence-electron chi connectivity index (χ0n) is 12.7. The van der Waals surface area contributed by atoms with Crippen molar-refractivity contribution in [3.63, 3.8) is 0 Å². The zero-order chi connectivity index (χ0) is 15.2. The van der Waals surface area contributed by atoms with E-state index in [1.54, 1.807) is 14.2 Å². The van der Waals surface area contributed by atoms with Crippen molar-refractivity contribution in [2.24, 2.45) is 0 Å². The van der Waals surface area contributed by atoms with Gasteiger partial charge in [0, 0.05) is 19.4 Å². The van der Waals surface area contributed by atoms with Gasteiger partial charge in [-0.1, -0.05) is 6.07 Å². The standard InChI is InChI=1S/C16H21NO4/c1-11-13(8-9-18)17-16(21-11)7-5-12-4-6-14(19-2)15(10-12)20-3/h4,6,10,18H,5,7-9H2,1-3H3. The summed E-state index contributed by atoms with van der Waals surface area (Å²) in [7, 11) is 3.25. The van der Waals surface area contributed by atoms with E-state index >= 15 is 0 Å². The van der Waals surface area contributed by atoms with E-state index in [0.29, 0.717) is 18.7 Å². The first-order valence-electron chi connectivity index (χ1n) is 6.95. The van der Waals surface area contributed by atoms with Gasteiger partial charge in [-0.25, -0.2) is 4.98 Å². The van der Waals surface area contributed by atoms with Crippen molar-refractivity contribution < 1.29 is 19.0 Å². The maximum Gasteiger partial charge on any atom is 0.194 e. The van der Waals surface area contributed by atoms with E-state index in [-0.39, 0.29) is 6.61 Å². The molecule has 2 rings (SSSR count). The molecule has 0 bridgehead atoms. The molecule has 1 heterocycles. The average Bonchev–Trinajstić information content (AvgIpc) is 2.85. The van der Waals surface area contributed by atoms with E-state index in [1.165, 1.54) is 0 Å². The highest BCUT2D eigenvalue weighted by atomic mass is 16.5. The highest BCUT2D eigenvalue weighted by molar-refractivity contribution is 5.43. The Morgan fingerprint density at radius 2 is 1.86 bits per heavy atom. The van der Waals surface area contributed by atoms with Crippen LogP contribution in [0.3, 0.4) is 0 Å². The van der Waals surface area contributed by atoms with Crippen molar-refractivity contribution in [1.29, 1.82) is 0 Å². The van der Waals surface area contributed by atoms with Gasteiger partial charge in [-0.3, -0.25) is 0 Å². The van der Waals surface area contributed by atoms with Crippen LogP contribution in [-0.4, -0.2) is 30.9 Å². The molecule has 0 aliphatic rings. The van der Waals surface area contributed by atoms with Gasteiger partial charge in [-0.2, -0.15) is 0 Å². The van der Waals surface area contributed by atoms with Gasteiger partial charge >= 0.3 is 0 Å². The molecule has 0 fully saturated rings. The van der Waals surface area contributed by atoms with Crippen molar-refractivity contribution in [1.82, 2.24) is 4.98 Å². The van der Waals surface area contributed by atoms with Crippen LogP contribution >= 0.6 is 0 Å². The third-order valence-electron chi connectivity index (χ3n) is 3.36. The summed E-state index contributed by atoms with van der Waals surface area (Å²) in [6.07, 6.45) is 2.05. The summed E-state index contributed by atoms with van der Waals surface area (Å²) >= 11 is 0. The van der Waals surface area contributed by atoms with Crippen LogP contribution in [0.15, 0.2) is 22.6 Å². The molecule has 114 valence electrons. The van der Waals surface area contributed by atoms with Crippen molar-refractivity contribution in [2.75, 3.05) is 20.8 Å². The maximum atomic E-state index is 8.96. The van der Waals surface area contributed by atoms with Crippen LogP contribution in [0, 0.1) is 6.92 Å². The summed E-state index contributed by atoms with van der Waals surface area (Å²) in [4.78, 5) is 4.41. The molecule has 0 unspecified atom stereocenters. The lowest BCUT2D eigenvalue weighted by atomic mass is 10.1. The van der Waals surface area contributed by atoms with E-state index in [2.05, 4.69) is 4.98 Å². The normalized spacial score (nSPS) is 10.7. The highest BCUT2D eigenvalue weighted by Gasteiger charge is 2.10. The molecule has 1 aromatic heterocycles. The lowest BCUT2D eigenvalue weighted by Crippen LogP contribution is -1.96. The third kappa shape index (κ3) is 3.76. The molecule has 0 saturated heterocycles. The predicted octanol–water partition coefficient (Wildman–Crippen LogP) is 2.32. The van der Waals surface area contributed by atoms with E-state index in [9.17, 15) is 0 Å². The van der Waals surface area contributed by atoms with Gasteiger partial charge < -0.3 is 19.0 Å². The second kappa shape index (κ2) is 7.13. The second-order valence-electron chi connectivity index (χ2n) is 4.77. The Morgan fingerprint density at radius 3 is 2.52 bits per heavy atom. The Balaban J connectivity index is 2.04. The van der Waals surface area contributed by atoms with E-state index in [1.807, 2.05) is 25.1 Å². The first-order chi connectivity index (χ1) is 10.2. The van der Waals surface area contributed by atoms with E-state index < -0.39 is 0 Å². The molecule has 5 nitrogen and oxygen atoms in total. The number of benzene rings is 1. The Kier molecular flexibility index (Phi) is 5.22. The first-order valence-corrected chi connectivity index (χ1v) is 6.95. The van der Waals surface area contributed by atoms with Crippen LogP contribution in [-0.2, 0) is 19.3 Å². The first kappa shape index (κ1) is 15.4. The van der Waals surface area contributed by atoms with Crippen molar-refractivity contribution >= 4 is 0 Å². The predicted molar refractivity (Wildman–Crippen MR) is 79.0 cm³/mol. The fourth-order valence-corrected chi connectivity index (χ4v) is 2.22. The average molecular weight is 291 g/mol. The van der Waals surface area contributed by atoms with Gasteiger partial charge in [-0.15, -0.1) is 0 Å². The Labute approximate surface area is 124 Å².